The number of hydrogen-bond acceptors (Lipinski definition) is 4. The highest BCUT2D eigenvalue weighted by molar-refractivity contribution is 7.88. The van der Waals surface area contributed by atoms with Crippen LogP contribution in [0.15, 0.2) is 12.1 Å². The average molecular weight is 323 g/mol. The molecule has 18 heavy (non-hydrogen) atoms. The van der Waals surface area contributed by atoms with Crippen molar-refractivity contribution in [1.82, 2.24) is 0 Å². The summed E-state index contributed by atoms with van der Waals surface area (Å²) in [7, 11) is -5.91. The number of alkyl halides is 3. The van der Waals surface area contributed by atoms with E-state index in [4.69, 9.17) is 23.2 Å². The molecule has 0 aliphatic heterocycles. The van der Waals surface area contributed by atoms with E-state index in [1.165, 1.54) is 0 Å². The van der Waals surface area contributed by atoms with E-state index in [9.17, 15) is 26.4 Å². The average Bonchev–Trinajstić information content (AvgIpc) is 2.19. The van der Waals surface area contributed by atoms with Crippen LogP contribution in [0.1, 0.15) is 10.4 Å². The van der Waals surface area contributed by atoms with Crippen LogP contribution in [-0.4, -0.2) is 20.2 Å². The van der Waals surface area contributed by atoms with E-state index in [1.807, 2.05) is 0 Å². The third-order valence-corrected chi connectivity index (χ3v) is 3.09. The van der Waals surface area contributed by atoms with Crippen LogP contribution in [0.4, 0.5) is 13.2 Å². The second-order valence-electron chi connectivity index (χ2n) is 2.91. The molecule has 0 heterocycles. The third-order valence-electron chi connectivity index (χ3n) is 1.64. The minimum atomic E-state index is -5.91. The fourth-order valence-electron chi connectivity index (χ4n) is 0.913. The van der Waals surface area contributed by atoms with Crippen molar-refractivity contribution in [3.8, 4) is 5.75 Å². The van der Waals surface area contributed by atoms with Gasteiger partial charge in [0.15, 0.2) is 12.0 Å². The van der Waals surface area contributed by atoms with Crippen molar-refractivity contribution in [3.05, 3.63) is 27.7 Å². The Kier molecular flexibility index (Phi) is 4.14. The molecule has 1 aromatic carbocycles. The summed E-state index contributed by atoms with van der Waals surface area (Å²) in [5.41, 5.74) is -6.14. The van der Waals surface area contributed by atoms with Gasteiger partial charge in [-0.05, 0) is 12.1 Å². The summed E-state index contributed by atoms with van der Waals surface area (Å²) >= 11 is 11.0. The van der Waals surface area contributed by atoms with Crippen LogP contribution >= 0.6 is 23.2 Å². The van der Waals surface area contributed by atoms with Crippen molar-refractivity contribution < 1.29 is 30.6 Å². The number of halogens is 5. The summed E-state index contributed by atoms with van der Waals surface area (Å²) in [5.74, 6) is -0.923. The monoisotopic (exact) mass is 322 g/mol. The van der Waals surface area contributed by atoms with Crippen LogP contribution in [0.5, 0.6) is 5.75 Å². The van der Waals surface area contributed by atoms with Gasteiger partial charge in [-0.15, -0.1) is 0 Å². The molecule has 0 amide bonds. The highest BCUT2D eigenvalue weighted by atomic mass is 35.5. The first-order chi connectivity index (χ1) is 8.08. The van der Waals surface area contributed by atoms with E-state index in [0.717, 1.165) is 12.1 Å². The number of rotatable bonds is 3. The Balaban J connectivity index is 3.33. The standard InChI is InChI=1S/C8H3Cl2F3O4S/c9-5-1-4(3-14)7(6(10)2-5)17-18(15,16)8(11,12)13/h1-3H. The molecule has 1 aromatic rings. The van der Waals surface area contributed by atoms with Gasteiger partial charge in [-0.3, -0.25) is 4.79 Å². The first-order valence-corrected chi connectivity index (χ1v) is 6.20. The lowest BCUT2D eigenvalue weighted by atomic mass is 10.2. The van der Waals surface area contributed by atoms with Crippen molar-refractivity contribution in [3.63, 3.8) is 0 Å². The fourth-order valence-corrected chi connectivity index (χ4v) is 2.01. The highest BCUT2D eigenvalue weighted by Crippen LogP contribution is 2.35. The first kappa shape index (κ1) is 15.1. The normalized spacial score (nSPS) is 12.3. The summed E-state index contributed by atoms with van der Waals surface area (Å²) < 4.78 is 61.6. The molecule has 0 radical (unpaired) electrons. The highest BCUT2D eigenvalue weighted by Gasteiger charge is 2.49. The summed E-state index contributed by atoms with van der Waals surface area (Å²) in [6, 6.07) is 1.86. The van der Waals surface area contributed by atoms with Gasteiger partial charge in [0.25, 0.3) is 0 Å². The van der Waals surface area contributed by atoms with Crippen LogP contribution in [-0.2, 0) is 10.1 Å². The van der Waals surface area contributed by atoms with Crippen molar-refractivity contribution in [2.24, 2.45) is 0 Å². The Morgan fingerprint density at radius 2 is 1.78 bits per heavy atom. The van der Waals surface area contributed by atoms with Gasteiger partial charge >= 0.3 is 15.6 Å². The molecule has 1 rings (SSSR count). The Labute approximate surface area is 109 Å². The molecule has 0 spiro atoms. The van der Waals surface area contributed by atoms with E-state index in [0.29, 0.717) is 0 Å². The zero-order valence-corrected chi connectivity index (χ0v) is 10.5. The predicted octanol–water partition coefficient (Wildman–Crippen LogP) is 3.03. The Bertz CT molecular complexity index is 583. The number of hydrogen-bond donors (Lipinski definition) is 0. The van der Waals surface area contributed by atoms with Gasteiger partial charge in [0.1, 0.15) is 0 Å². The summed E-state index contributed by atoms with van der Waals surface area (Å²) in [5, 5.41) is -0.587. The molecule has 0 unspecified atom stereocenters. The van der Waals surface area contributed by atoms with Crippen LogP contribution < -0.4 is 4.18 Å². The minimum Gasteiger partial charge on any atom is -0.374 e. The Morgan fingerprint density at radius 1 is 1.22 bits per heavy atom. The van der Waals surface area contributed by atoms with Gasteiger partial charge in [0.05, 0.1) is 10.6 Å². The fraction of sp³-hybridized carbons (Fsp3) is 0.125. The zero-order valence-electron chi connectivity index (χ0n) is 8.16. The Morgan fingerprint density at radius 3 is 2.22 bits per heavy atom. The molecule has 0 atom stereocenters. The summed E-state index contributed by atoms with van der Waals surface area (Å²) in [4.78, 5) is 10.6. The molecule has 0 aliphatic rings. The quantitative estimate of drug-likeness (QED) is 0.487. The molecule has 10 heteroatoms. The number of aldehydes is 1. The zero-order chi connectivity index (χ0) is 14.1. The lowest BCUT2D eigenvalue weighted by Crippen LogP contribution is -2.28. The second-order valence-corrected chi connectivity index (χ2v) is 5.29. The van der Waals surface area contributed by atoms with Crippen LogP contribution in [0.2, 0.25) is 10.0 Å². The van der Waals surface area contributed by atoms with Crippen molar-refractivity contribution in [2.45, 2.75) is 5.51 Å². The van der Waals surface area contributed by atoms with Gasteiger partial charge < -0.3 is 4.18 Å². The second kappa shape index (κ2) is 4.94. The predicted molar refractivity (Wildman–Crippen MR) is 57.5 cm³/mol. The van der Waals surface area contributed by atoms with Crippen molar-refractivity contribution in [1.29, 1.82) is 0 Å². The molecular formula is C8H3Cl2F3O4S. The molecule has 4 nitrogen and oxygen atoms in total. The maximum absolute atomic E-state index is 12.1. The third kappa shape index (κ3) is 3.06. The molecule has 0 bridgehead atoms. The Hall–Kier alpha value is -0.990. The smallest absolute Gasteiger partial charge is 0.374 e. The number of benzene rings is 1. The van der Waals surface area contributed by atoms with Crippen LogP contribution in [0.3, 0.4) is 0 Å². The van der Waals surface area contributed by atoms with Crippen LogP contribution in [0, 0.1) is 0 Å². The van der Waals surface area contributed by atoms with Gasteiger partial charge in [-0.1, -0.05) is 23.2 Å². The topological polar surface area (TPSA) is 60.4 Å². The van der Waals surface area contributed by atoms with Gasteiger partial charge in [-0.25, -0.2) is 0 Å². The molecule has 100 valence electrons. The molecule has 0 aliphatic carbocycles. The first-order valence-electron chi connectivity index (χ1n) is 4.03. The van der Waals surface area contributed by atoms with Gasteiger partial charge in [0.2, 0.25) is 0 Å². The molecule has 0 saturated heterocycles. The van der Waals surface area contributed by atoms with E-state index in [2.05, 4.69) is 4.18 Å². The SMILES string of the molecule is O=Cc1cc(Cl)cc(Cl)c1OS(=O)(=O)C(F)(F)F. The lowest BCUT2D eigenvalue weighted by Gasteiger charge is -2.12. The molecule has 0 fully saturated rings. The largest absolute Gasteiger partial charge is 0.534 e. The lowest BCUT2D eigenvalue weighted by molar-refractivity contribution is -0.0500. The molecular weight excluding hydrogens is 320 g/mol. The number of carbonyl (C=O) groups is 1. The van der Waals surface area contributed by atoms with Crippen molar-refractivity contribution in [2.75, 3.05) is 0 Å². The molecule has 0 saturated carbocycles. The minimum absolute atomic E-state index is 0.0566. The van der Waals surface area contributed by atoms with E-state index >= 15 is 0 Å². The van der Waals surface area contributed by atoms with E-state index in [-0.39, 0.29) is 11.3 Å². The van der Waals surface area contributed by atoms with Crippen LogP contribution in [0.25, 0.3) is 0 Å². The van der Waals surface area contributed by atoms with Gasteiger partial charge in [-0.2, -0.15) is 21.6 Å². The molecule has 0 N–H and O–H groups in total. The van der Waals surface area contributed by atoms with E-state index in [1.54, 1.807) is 0 Å². The number of carbonyl (C=O) groups excluding carboxylic acids is 1. The van der Waals surface area contributed by atoms with Gasteiger partial charge in [0, 0.05) is 5.02 Å². The summed E-state index contributed by atoms with van der Waals surface area (Å²) in [6.07, 6.45) is 0.0684. The molecule has 0 aromatic heterocycles. The summed E-state index contributed by atoms with van der Waals surface area (Å²) in [6.45, 7) is 0. The maximum atomic E-state index is 12.1. The maximum Gasteiger partial charge on any atom is 0.534 e. The van der Waals surface area contributed by atoms with E-state index < -0.39 is 32.0 Å². The van der Waals surface area contributed by atoms with Crippen molar-refractivity contribution >= 4 is 39.6 Å².